The number of benzene rings is 1. The van der Waals surface area contributed by atoms with Crippen molar-refractivity contribution in [3.05, 3.63) is 37.3 Å². The molecule has 0 aliphatic heterocycles. The third-order valence-electron chi connectivity index (χ3n) is 1.47. The van der Waals surface area contributed by atoms with Crippen molar-refractivity contribution in [2.75, 3.05) is 0 Å². The fourth-order valence-electron chi connectivity index (χ4n) is 1.01. The van der Waals surface area contributed by atoms with Gasteiger partial charge in [0, 0.05) is 0 Å². The second kappa shape index (κ2) is 7.38. The molecule has 88 valence electrons. The third kappa shape index (κ3) is 5.65. The number of ether oxygens (including phenoxy) is 1. The minimum atomic E-state index is -1.77. The molecule has 0 aliphatic carbocycles. The first-order valence-electron chi connectivity index (χ1n) is 4.18. The summed E-state index contributed by atoms with van der Waals surface area (Å²) >= 11 is -1.77. The fourth-order valence-corrected chi connectivity index (χ4v) is 2.82. The minimum absolute atomic E-state index is 0. The molecule has 0 saturated heterocycles. The first kappa shape index (κ1) is 15.1. The summed E-state index contributed by atoms with van der Waals surface area (Å²) in [4.78, 5) is 0. The Morgan fingerprint density at radius 1 is 1.27 bits per heavy atom. The topological polar surface area (TPSA) is 9.23 Å². The molecule has 1 aromatic carbocycles. The van der Waals surface area contributed by atoms with Gasteiger partial charge in [-0.3, -0.25) is 0 Å². The molecule has 0 bridgehead atoms. The van der Waals surface area contributed by atoms with Gasteiger partial charge in [0.2, 0.25) is 0 Å². The van der Waals surface area contributed by atoms with Crippen molar-refractivity contribution >= 4 is 24.0 Å². The molecule has 15 heavy (non-hydrogen) atoms. The molecule has 0 unspecified atom stereocenters. The second-order valence-electron chi connectivity index (χ2n) is 3.01. The summed E-state index contributed by atoms with van der Waals surface area (Å²) in [5.74, 6) is 0.850. The van der Waals surface area contributed by atoms with E-state index >= 15 is 0 Å². The van der Waals surface area contributed by atoms with Gasteiger partial charge >= 0.3 is 97.8 Å². The van der Waals surface area contributed by atoms with Crippen molar-refractivity contribution in [1.29, 1.82) is 0 Å². The number of hydrogen-bond donors (Lipinski definition) is 0. The van der Waals surface area contributed by atoms with Crippen LogP contribution < -0.4 is 4.74 Å². The van der Waals surface area contributed by atoms with E-state index in [0.29, 0.717) is 0 Å². The van der Waals surface area contributed by atoms with Crippen LogP contribution in [0.1, 0.15) is 19.4 Å². The van der Waals surface area contributed by atoms with Crippen molar-refractivity contribution in [3.63, 3.8) is 0 Å². The molecule has 0 aromatic heterocycles. The maximum atomic E-state index is 5.82. The molecule has 0 atom stereocenters. The molecule has 0 spiro atoms. The summed E-state index contributed by atoms with van der Waals surface area (Å²) in [5.41, 5.74) is 0.991. The van der Waals surface area contributed by atoms with E-state index < -0.39 is 13.5 Å². The van der Waals surface area contributed by atoms with Crippen LogP contribution in [0.25, 0.3) is 0 Å². The predicted molar refractivity (Wildman–Crippen MR) is 65.5 cm³/mol. The average Bonchev–Trinajstić information content (AvgIpc) is 2.06. The molecule has 1 rings (SSSR count). The summed E-state index contributed by atoms with van der Waals surface area (Å²) in [6, 6.07) is 7.78. The smallest absolute Gasteiger partial charge is 0.358 e. The van der Waals surface area contributed by atoms with Crippen molar-refractivity contribution in [2.45, 2.75) is 20.0 Å². The minimum Gasteiger partial charge on any atom is -0.358 e. The molecule has 0 N–H and O–H groups in total. The van der Waals surface area contributed by atoms with Gasteiger partial charge in [-0.05, 0) is 0 Å². The summed E-state index contributed by atoms with van der Waals surface area (Å²) in [7, 11) is 11.6. The van der Waals surface area contributed by atoms with Crippen molar-refractivity contribution in [2.24, 2.45) is 0 Å². The maximum absolute atomic E-state index is 5.82. The zero-order valence-corrected chi connectivity index (χ0v) is 12.2. The van der Waals surface area contributed by atoms with E-state index in [1.54, 1.807) is 0 Å². The monoisotopic (exact) mass is 335 g/mol. The van der Waals surface area contributed by atoms with E-state index in [1.807, 2.05) is 42.7 Å². The molecule has 4 heteroatoms. The molecule has 0 aliphatic rings. The zero-order chi connectivity index (χ0) is 10.6. The summed E-state index contributed by atoms with van der Waals surface area (Å²) in [6.07, 6.45) is 0.163. The van der Waals surface area contributed by atoms with Gasteiger partial charge in [0.05, 0.1) is 0 Å². The maximum Gasteiger partial charge on any atom is -0.358 e. The summed E-state index contributed by atoms with van der Waals surface area (Å²) in [6.45, 7) is 3.99. The van der Waals surface area contributed by atoms with Crippen molar-refractivity contribution in [3.8, 4) is 5.75 Å². The zero-order valence-electron chi connectivity index (χ0n) is 8.98. The van der Waals surface area contributed by atoms with Crippen LogP contribution in [0.15, 0.2) is 24.3 Å². The van der Waals surface area contributed by atoms with Gasteiger partial charge in [-0.2, -0.15) is 0 Å². The molecular weight excluding hydrogens is 320 g/mol. The van der Waals surface area contributed by atoms with Crippen LogP contribution in [-0.2, 0) is 13.5 Å². The van der Waals surface area contributed by atoms with Crippen LogP contribution in [0.5, 0.6) is 5.75 Å². The quantitative estimate of drug-likeness (QED) is 0.599. The number of hydrogen-bond acceptors (Lipinski definition) is 1. The molecule has 0 amide bonds. The largest absolute Gasteiger partial charge is 0.358 e. The predicted octanol–water partition coefficient (Wildman–Crippen LogP) is 4.00. The van der Waals surface area contributed by atoms with Crippen LogP contribution in [0, 0.1) is 7.43 Å². The van der Waals surface area contributed by atoms with Gasteiger partial charge in [0.15, 0.2) is 0 Å². The van der Waals surface area contributed by atoms with Gasteiger partial charge in [0.1, 0.15) is 0 Å². The van der Waals surface area contributed by atoms with E-state index in [9.17, 15) is 0 Å². The van der Waals surface area contributed by atoms with Gasteiger partial charge in [-0.15, -0.1) is 0 Å². The fraction of sp³-hybridized carbons (Fsp3) is 0.273. The Kier molecular flexibility index (Phi) is 7.43. The summed E-state index contributed by atoms with van der Waals surface area (Å²) in [5, 5.41) is 0. The van der Waals surface area contributed by atoms with Gasteiger partial charge < -0.3 is 7.43 Å². The van der Waals surface area contributed by atoms with E-state index in [1.165, 1.54) is 0 Å². The molecule has 0 heterocycles. The number of rotatable bonds is 3. The first-order chi connectivity index (χ1) is 6.59. The standard InChI is InChI=1S/C10H12O.CH3.2ClH.Ru/c1-8(2)11-10-7-5-4-6-9(10)3;;;;/h3-8H,1-2H3;1H3;2*1H;/q;-1;;;+2/p-2. The summed E-state index contributed by atoms with van der Waals surface area (Å²) < 4.78 is 7.51. The second-order valence-corrected chi connectivity index (χ2v) is 8.74. The van der Waals surface area contributed by atoms with Crippen LogP contribution in [0.2, 0.25) is 0 Å². The van der Waals surface area contributed by atoms with E-state index in [4.69, 9.17) is 24.1 Å². The van der Waals surface area contributed by atoms with Gasteiger partial charge in [-0.1, -0.05) is 0 Å². The number of halogens is 2. The number of para-hydroxylation sites is 1. The molecule has 1 aromatic rings. The van der Waals surface area contributed by atoms with Crippen LogP contribution in [0.3, 0.4) is 0 Å². The Labute approximate surface area is 105 Å². The Balaban J connectivity index is 0.00000196. The molecular formula is C11H15Cl2ORu-. The van der Waals surface area contributed by atoms with Crippen molar-refractivity contribution in [1.82, 2.24) is 0 Å². The molecule has 0 radical (unpaired) electrons. The van der Waals surface area contributed by atoms with Crippen LogP contribution >= 0.6 is 19.4 Å². The van der Waals surface area contributed by atoms with Crippen molar-refractivity contribution < 1.29 is 18.3 Å². The third-order valence-corrected chi connectivity index (χ3v) is 3.30. The van der Waals surface area contributed by atoms with Gasteiger partial charge in [0.25, 0.3) is 0 Å². The first-order valence-corrected chi connectivity index (χ1v) is 9.66. The Morgan fingerprint density at radius 2 is 1.87 bits per heavy atom. The Morgan fingerprint density at radius 3 is 2.40 bits per heavy atom. The van der Waals surface area contributed by atoms with Crippen LogP contribution in [0.4, 0.5) is 0 Å². The van der Waals surface area contributed by atoms with Crippen LogP contribution in [-0.4, -0.2) is 10.7 Å². The molecule has 0 fully saturated rings. The van der Waals surface area contributed by atoms with E-state index in [0.717, 1.165) is 11.3 Å². The SMILES string of the molecule is CC(C)Oc1ccccc1[CH]=[Ru]([Cl])[Cl].[CH3-]. The van der Waals surface area contributed by atoms with Gasteiger partial charge in [-0.25, -0.2) is 0 Å². The normalized spacial score (nSPS) is 10.6. The molecule has 1 nitrogen and oxygen atoms in total. The average molecular weight is 335 g/mol. The Hall–Kier alpha value is 0.0934. The Bertz CT molecular complexity index is 333. The van der Waals surface area contributed by atoms with E-state index in [2.05, 4.69) is 0 Å². The molecule has 0 saturated carbocycles. The van der Waals surface area contributed by atoms with E-state index in [-0.39, 0.29) is 13.5 Å².